The number of likely N-dealkylation sites (tertiary alicyclic amines) is 1. The van der Waals surface area contributed by atoms with E-state index in [-0.39, 0.29) is 23.8 Å². The van der Waals surface area contributed by atoms with Crippen molar-refractivity contribution in [2.24, 2.45) is 11.8 Å². The smallest absolute Gasteiger partial charge is 0.291 e. The van der Waals surface area contributed by atoms with Crippen molar-refractivity contribution in [2.45, 2.75) is 44.8 Å². The fourth-order valence-corrected chi connectivity index (χ4v) is 5.13. The van der Waals surface area contributed by atoms with E-state index in [0.717, 1.165) is 10.0 Å². The van der Waals surface area contributed by atoms with Crippen LogP contribution in [0.25, 0.3) is 0 Å². The molecule has 1 spiro atoms. The van der Waals surface area contributed by atoms with Crippen molar-refractivity contribution in [3.8, 4) is 0 Å². The van der Waals surface area contributed by atoms with E-state index < -0.39 is 22.9 Å². The van der Waals surface area contributed by atoms with E-state index >= 15 is 0 Å². The number of hydrogen-bond acceptors (Lipinski definition) is 3. The van der Waals surface area contributed by atoms with Crippen LogP contribution in [0.4, 0.5) is 5.69 Å². The molecule has 3 N–H and O–H groups in total. The van der Waals surface area contributed by atoms with Crippen LogP contribution in [0, 0.1) is 11.8 Å². The van der Waals surface area contributed by atoms with E-state index in [1.54, 1.807) is 0 Å². The molecule has 4 rings (SSSR count). The average molecular weight is 407 g/mol. The Bertz CT molecular complexity index is 831. The number of carbonyl (C=O) groups excluding carboxylic acids is 3. The molecule has 7 heteroatoms. The largest absolute Gasteiger partial charge is 0.326 e. The number of benzene rings is 1. The van der Waals surface area contributed by atoms with Gasteiger partial charge in [-0.1, -0.05) is 15.9 Å². The number of nitrogens with two attached hydrogens (primary N) is 1. The Morgan fingerprint density at radius 1 is 1.20 bits per heavy atom. The zero-order valence-electron chi connectivity index (χ0n) is 14.6. The monoisotopic (exact) mass is 406 g/mol. The predicted molar refractivity (Wildman–Crippen MR) is 94.4 cm³/mol. The summed E-state index contributed by atoms with van der Waals surface area (Å²) in [5, 5.41) is 4.81. The third kappa shape index (κ3) is 1.96. The van der Waals surface area contributed by atoms with Gasteiger partial charge in [-0.25, -0.2) is 0 Å². The normalized spacial score (nSPS) is 33.9. The minimum atomic E-state index is -1.07. The number of rotatable bonds is 0. The van der Waals surface area contributed by atoms with Crippen LogP contribution >= 0.6 is 15.9 Å². The van der Waals surface area contributed by atoms with Crippen LogP contribution in [-0.2, 0) is 19.9 Å². The van der Waals surface area contributed by atoms with Gasteiger partial charge in [0.15, 0.2) is 0 Å². The SMILES string of the molecule is C[C@H]1[NH2+][C@]2(C(=O)Nc3ccc(Br)cc32)[C@@H]2C(=O)N(C(C)(C)C)C(=O)[C@@H]21. The van der Waals surface area contributed by atoms with Crippen molar-refractivity contribution in [3.63, 3.8) is 0 Å². The number of nitrogens with zero attached hydrogens (tertiary/aromatic N) is 1. The Morgan fingerprint density at radius 2 is 1.88 bits per heavy atom. The third-order valence-corrected chi connectivity index (χ3v) is 6.15. The zero-order chi connectivity index (χ0) is 18.3. The van der Waals surface area contributed by atoms with E-state index in [9.17, 15) is 14.4 Å². The molecule has 0 aromatic heterocycles. The van der Waals surface area contributed by atoms with E-state index in [0.29, 0.717) is 5.69 Å². The van der Waals surface area contributed by atoms with Crippen LogP contribution in [0.3, 0.4) is 0 Å². The van der Waals surface area contributed by atoms with Crippen molar-refractivity contribution in [1.29, 1.82) is 0 Å². The number of nitrogens with one attached hydrogen (secondary N) is 1. The Morgan fingerprint density at radius 3 is 2.52 bits per heavy atom. The van der Waals surface area contributed by atoms with Gasteiger partial charge in [0.25, 0.3) is 5.91 Å². The van der Waals surface area contributed by atoms with Crippen molar-refractivity contribution in [1.82, 2.24) is 4.90 Å². The molecule has 3 aliphatic rings. The number of halogens is 1. The molecule has 0 bridgehead atoms. The Labute approximate surface area is 154 Å². The van der Waals surface area contributed by atoms with Gasteiger partial charge in [0.05, 0.1) is 11.7 Å². The Balaban J connectivity index is 1.92. The lowest BCUT2D eigenvalue weighted by Crippen LogP contribution is -2.98. The second kappa shape index (κ2) is 4.92. The quantitative estimate of drug-likeness (QED) is 0.629. The molecule has 6 nitrogen and oxygen atoms in total. The van der Waals surface area contributed by atoms with E-state index in [2.05, 4.69) is 21.2 Å². The summed E-state index contributed by atoms with van der Waals surface area (Å²) in [5.74, 6) is -1.78. The molecule has 4 atom stereocenters. The number of fused-ring (bicyclic) bond motifs is 4. The van der Waals surface area contributed by atoms with E-state index in [4.69, 9.17) is 0 Å². The van der Waals surface area contributed by atoms with Gasteiger partial charge in [-0.15, -0.1) is 0 Å². The number of hydrogen-bond donors (Lipinski definition) is 2. The van der Waals surface area contributed by atoms with Crippen LogP contribution in [0.15, 0.2) is 22.7 Å². The highest BCUT2D eigenvalue weighted by Crippen LogP contribution is 2.50. The molecule has 2 fully saturated rings. The lowest BCUT2D eigenvalue weighted by molar-refractivity contribution is -0.730. The Hall–Kier alpha value is -1.73. The molecule has 132 valence electrons. The first kappa shape index (κ1) is 16.7. The van der Waals surface area contributed by atoms with Crippen molar-refractivity contribution in [2.75, 3.05) is 5.32 Å². The van der Waals surface area contributed by atoms with Crippen LogP contribution in [0.2, 0.25) is 0 Å². The first-order valence-electron chi connectivity index (χ1n) is 8.44. The maximum absolute atomic E-state index is 13.3. The van der Waals surface area contributed by atoms with Crippen LogP contribution in [0.1, 0.15) is 33.3 Å². The van der Waals surface area contributed by atoms with Gasteiger partial charge in [-0.3, -0.25) is 19.3 Å². The first-order valence-corrected chi connectivity index (χ1v) is 9.24. The van der Waals surface area contributed by atoms with Gasteiger partial charge in [-0.05, 0) is 45.9 Å². The minimum Gasteiger partial charge on any atom is -0.326 e. The molecular weight excluding hydrogens is 386 g/mol. The highest BCUT2D eigenvalue weighted by molar-refractivity contribution is 9.10. The van der Waals surface area contributed by atoms with Gasteiger partial charge >= 0.3 is 0 Å². The van der Waals surface area contributed by atoms with Crippen molar-refractivity contribution < 1.29 is 19.7 Å². The maximum Gasteiger partial charge on any atom is 0.291 e. The van der Waals surface area contributed by atoms with Gasteiger partial charge < -0.3 is 10.6 Å². The second-order valence-corrected chi connectivity index (χ2v) is 9.14. The highest BCUT2D eigenvalue weighted by Gasteiger charge is 2.74. The van der Waals surface area contributed by atoms with Crippen LogP contribution in [0.5, 0.6) is 0 Å². The van der Waals surface area contributed by atoms with Gasteiger partial charge in [0.1, 0.15) is 11.8 Å². The van der Waals surface area contributed by atoms with E-state index in [1.807, 2.05) is 51.2 Å². The molecule has 3 aliphatic heterocycles. The number of amides is 3. The fraction of sp³-hybridized carbons (Fsp3) is 0.500. The summed E-state index contributed by atoms with van der Waals surface area (Å²) >= 11 is 3.46. The summed E-state index contributed by atoms with van der Waals surface area (Å²) in [4.78, 5) is 40.7. The summed E-state index contributed by atoms with van der Waals surface area (Å²) in [6, 6.07) is 5.43. The number of imide groups is 1. The molecule has 1 aromatic carbocycles. The maximum atomic E-state index is 13.3. The standard InChI is InChI=1S/C18H20BrN3O3/c1-8-12-13(15(24)22(14(12)23)17(2,3)4)18(21-8)10-7-9(19)5-6-11(10)20-16(18)25/h5-8,12-13,21H,1-4H3,(H,20,25)/p+1/t8-,12-,13+,18+/m1/s1. The van der Waals surface area contributed by atoms with Crippen molar-refractivity contribution in [3.05, 3.63) is 28.2 Å². The summed E-state index contributed by atoms with van der Waals surface area (Å²) in [6.07, 6.45) is 0. The molecular formula is C18H21BrN3O3+. The van der Waals surface area contributed by atoms with Gasteiger partial charge in [-0.2, -0.15) is 0 Å². The predicted octanol–water partition coefficient (Wildman–Crippen LogP) is 0.962. The molecule has 3 heterocycles. The molecule has 0 aliphatic carbocycles. The Kier molecular flexibility index (Phi) is 3.29. The summed E-state index contributed by atoms with van der Waals surface area (Å²) in [5.41, 5.74) is -0.181. The van der Waals surface area contributed by atoms with Crippen molar-refractivity contribution >= 4 is 39.3 Å². The molecule has 0 radical (unpaired) electrons. The topological polar surface area (TPSA) is 83.1 Å². The first-order chi connectivity index (χ1) is 11.6. The average Bonchev–Trinajstić information content (AvgIpc) is 3.04. The number of quaternary nitrogens is 1. The minimum absolute atomic E-state index is 0.149. The summed E-state index contributed by atoms with van der Waals surface area (Å²) in [6.45, 7) is 7.48. The zero-order valence-corrected chi connectivity index (χ0v) is 16.2. The third-order valence-electron chi connectivity index (χ3n) is 5.66. The molecule has 2 saturated heterocycles. The lowest BCUT2D eigenvalue weighted by atomic mass is 9.76. The van der Waals surface area contributed by atoms with Crippen LogP contribution in [-0.4, -0.2) is 34.2 Å². The summed E-state index contributed by atoms with van der Waals surface area (Å²) < 4.78 is 0.844. The van der Waals surface area contributed by atoms with Gasteiger partial charge in [0.2, 0.25) is 17.4 Å². The van der Waals surface area contributed by atoms with Gasteiger partial charge in [0, 0.05) is 15.6 Å². The lowest BCUT2D eigenvalue weighted by Gasteiger charge is -2.33. The van der Waals surface area contributed by atoms with Crippen LogP contribution < -0.4 is 10.6 Å². The highest BCUT2D eigenvalue weighted by atomic mass is 79.9. The molecule has 3 amide bonds. The fourth-order valence-electron chi connectivity index (χ4n) is 4.77. The molecule has 25 heavy (non-hydrogen) atoms. The molecule has 0 saturated carbocycles. The second-order valence-electron chi connectivity index (χ2n) is 8.22. The molecule has 1 aromatic rings. The van der Waals surface area contributed by atoms with E-state index in [1.165, 1.54) is 4.90 Å². The summed E-state index contributed by atoms with van der Waals surface area (Å²) in [7, 11) is 0. The number of carbonyl (C=O) groups is 3. The number of anilines is 1. The molecule has 0 unspecified atom stereocenters.